The molecule has 0 saturated heterocycles. The van der Waals surface area contributed by atoms with Crippen LogP contribution in [0.3, 0.4) is 0 Å². The van der Waals surface area contributed by atoms with E-state index in [4.69, 9.17) is 9.47 Å². The van der Waals surface area contributed by atoms with Crippen LogP contribution in [-0.4, -0.2) is 40.1 Å². The molecule has 2 N–H and O–H groups in total. The first-order valence-corrected chi connectivity index (χ1v) is 11.3. The second-order valence-corrected chi connectivity index (χ2v) is 8.69. The van der Waals surface area contributed by atoms with Gasteiger partial charge < -0.3 is 14.8 Å². The topological polar surface area (TPSA) is 107 Å². The maximum absolute atomic E-state index is 12.3. The van der Waals surface area contributed by atoms with Crippen LogP contribution in [-0.2, 0) is 16.4 Å². The number of anilines is 1. The highest BCUT2D eigenvalue weighted by Gasteiger charge is 2.17. The van der Waals surface area contributed by atoms with Gasteiger partial charge in [0.2, 0.25) is 0 Å². The largest absolute Gasteiger partial charge is 0.493 e. The third-order valence-corrected chi connectivity index (χ3v) is 6.40. The Hall–Kier alpha value is -3.11. The standard InChI is InChI=1S/C20H21N3O5S2/c1-27-17-9-8-14(12-18(17)28-2)10-11-21-19(24)16-13-29-20(22-16)23-30(25,26)15-6-4-3-5-7-15/h3-9,12-13H,10-11H2,1-2H3,(H,21,24)(H,22,23). The Balaban J connectivity index is 1.56. The average Bonchev–Trinajstić information content (AvgIpc) is 3.22. The van der Waals surface area contributed by atoms with E-state index in [2.05, 4.69) is 15.0 Å². The summed E-state index contributed by atoms with van der Waals surface area (Å²) in [5.41, 5.74) is 1.13. The Morgan fingerprint density at radius 1 is 1.07 bits per heavy atom. The van der Waals surface area contributed by atoms with Crippen LogP contribution < -0.4 is 19.5 Å². The van der Waals surface area contributed by atoms with Gasteiger partial charge in [-0.05, 0) is 36.2 Å². The van der Waals surface area contributed by atoms with E-state index in [1.165, 1.54) is 17.5 Å². The number of rotatable bonds is 9. The lowest BCUT2D eigenvalue weighted by Crippen LogP contribution is -2.26. The first-order chi connectivity index (χ1) is 14.4. The molecular weight excluding hydrogens is 426 g/mol. The van der Waals surface area contributed by atoms with Crippen molar-refractivity contribution in [2.45, 2.75) is 11.3 Å². The van der Waals surface area contributed by atoms with E-state index in [1.54, 1.807) is 32.4 Å². The van der Waals surface area contributed by atoms with Gasteiger partial charge in [-0.15, -0.1) is 11.3 Å². The normalized spacial score (nSPS) is 11.0. The van der Waals surface area contributed by atoms with Gasteiger partial charge in [-0.3, -0.25) is 9.52 Å². The number of thiazole rings is 1. The summed E-state index contributed by atoms with van der Waals surface area (Å²) in [7, 11) is -0.613. The number of ether oxygens (including phenoxy) is 2. The van der Waals surface area contributed by atoms with Gasteiger partial charge in [-0.2, -0.15) is 0 Å². The number of sulfonamides is 1. The smallest absolute Gasteiger partial charge is 0.270 e. The lowest BCUT2D eigenvalue weighted by Gasteiger charge is -2.09. The van der Waals surface area contributed by atoms with E-state index in [1.807, 2.05) is 18.2 Å². The van der Waals surface area contributed by atoms with E-state index >= 15 is 0 Å². The zero-order valence-electron chi connectivity index (χ0n) is 16.4. The molecule has 158 valence electrons. The summed E-state index contributed by atoms with van der Waals surface area (Å²) in [6.45, 7) is 0.386. The molecule has 0 aliphatic rings. The molecule has 0 spiro atoms. The monoisotopic (exact) mass is 447 g/mol. The predicted octanol–water partition coefficient (Wildman–Crippen LogP) is 2.93. The van der Waals surface area contributed by atoms with Crippen LogP contribution in [0.25, 0.3) is 0 Å². The molecule has 1 heterocycles. The number of carbonyl (C=O) groups excluding carboxylic acids is 1. The zero-order valence-corrected chi connectivity index (χ0v) is 18.0. The summed E-state index contributed by atoms with van der Waals surface area (Å²) >= 11 is 1.05. The number of benzene rings is 2. The molecule has 3 aromatic rings. The minimum absolute atomic E-state index is 0.126. The third kappa shape index (κ3) is 5.28. The Kier molecular flexibility index (Phi) is 6.91. The number of amides is 1. The van der Waals surface area contributed by atoms with Crippen molar-refractivity contribution in [3.8, 4) is 11.5 Å². The SMILES string of the molecule is COc1ccc(CCNC(=O)c2csc(NS(=O)(=O)c3ccccc3)n2)cc1OC. The first kappa shape index (κ1) is 21.6. The minimum Gasteiger partial charge on any atom is -0.493 e. The molecule has 10 heteroatoms. The van der Waals surface area contributed by atoms with Crippen LogP contribution in [0.15, 0.2) is 58.8 Å². The van der Waals surface area contributed by atoms with Gasteiger partial charge in [0, 0.05) is 11.9 Å². The van der Waals surface area contributed by atoms with Crippen LogP contribution in [0.4, 0.5) is 5.13 Å². The van der Waals surface area contributed by atoms with Crippen LogP contribution in [0.5, 0.6) is 11.5 Å². The zero-order chi connectivity index (χ0) is 21.6. The van der Waals surface area contributed by atoms with E-state index in [0.29, 0.717) is 24.5 Å². The Morgan fingerprint density at radius 2 is 1.80 bits per heavy atom. The Labute approximate surface area is 178 Å². The van der Waals surface area contributed by atoms with Crippen LogP contribution in [0.1, 0.15) is 16.1 Å². The lowest BCUT2D eigenvalue weighted by atomic mass is 10.1. The predicted molar refractivity (Wildman–Crippen MR) is 115 cm³/mol. The molecule has 2 aromatic carbocycles. The highest BCUT2D eigenvalue weighted by molar-refractivity contribution is 7.93. The summed E-state index contributed by atoms with van der Waals surface area (Å²) in [6.07, 6.45) is 0.587. The first-order valence-electron chi connectivity index (χ1n) is 8.95. The maximum Gasteiger partial charge on any atom is 0.270 e. The van der Waals surface area contributed by atoms with Gasteiger partial charge in [0.25, 0.3) is 15.9 Å². The molecule has 1 amide bonds. The van der Waals surface area contributed by atoms with E-state index in [9.17, 15) is 13.2 Å². The molecule has 8 nitrogen and oxygen atoms in total. The Bertz CT molecular complexity index is 1110. The average molecular weight is 448 g/mol. The van der Waals surface area contributed by atoms with Crippen molar-refractivity contribution in [3.63, 3.8) is 0 Å². The summed E-state index contributed by atoms with van der Waals surface area (Å²) in [4.78, 5) is 16.5. The lowest BCUT2D eigenvalue weighted by molar-refractivity contribution is 0.0950. The molecule has 0 aliphatic heterocycles. The summed E-state index contributed by atoms with van der Waals surface area (Å²) < 4.78 is 37.6. The molecule has 0 fully saturated rings. The summed E-state index contributed by atoms with van der Waals surface area (Å²) in [6, 6.07) is 13.5. The van der Waals surface area contributed by atoms with Crippen molar-refractivity contribution in [1.82, 2.24) is 10.3 Å². The molecule has 0 radical (unpaired) electrons. The van der Waals surface area contributed by atoms with Crippen molar-refractivity contribution >= 4 is 32.4 Å². The van der Waals surface area contributed by atoms with E-state index in [-0.39, 0.29) is 21.6 Å². The molecule has 1 aromatic heterocycles. The van der Waals surface area contributed by atoms with Gasteiger partial charge in [0.15, 0.2) is 16.6 Å². The number of aromatic nitrogens is 1. The minimum atomic E-state index is -3.75. The van der Waals surface area contributed by atoms with Gasteiger partial charge in [-0.25, -0.2) is 13.4 Å². The highest BCUT2D eigenvalue weighted by Crippen LogP contribution is 2.27. The van der Waals surface area contributed by atoms with E-state index < -0.39 is 10.0 Å². The molecule has 0 saturated carbocycles. The quantitative estimate of drug-likeness (QED) is 0.522. The van der Waals surface area contributed by atoms with Crippen LogP contribution in [0, 0.1) is 0 Å². The summed E-state index contributed by atoms with van der Waals surface area (Å²) in [5.74, 6) is 0.881. The fraction of sp³-hybridized carbons (Fsp3) is 0.200. The molecule has 0 unspecified atom stereocenters. The third-order valence-electron chi connectivity index (χ3n) is 4.16. The molecular formula is C20H21N3O5S2. The van der Waals surface area contributed by atoms with Crippen molar-refractivity contribution in [1.29, 1.82) is 0 Å². The highest BCUT2D eigenvalue weighted by atomic mass is 32.2. The second kappa shape index (κ2) is 9.59. The fourth-order valence-electron chi connectivity index (χ4n) is 2.65. The fourth-order valence-corrected chi connectivity index (χ4v) is 4.61. The molecule has 0 aliphatic carbocycles. The van der Waals surface area contributed by atoms with Gasteiger partial charge in [-0.1, -0.05) is 24.3 Å². The van der Waals surface area contributed by atoms with E-state index in [0.717, 1.165) is 16.9 Å². The number of nitrogens with one attached hydrogen (secondary N) is 2. The molecule has 0 bridgehead atoms. The van der Waals surface area contributed by atoms with Crippen LogP contribution in [0.2, 0.25) is 0 Å². The maximum atomic E-state index is 12.3. The number of hydrogen-bond acceptors (Lipinski definition) is 7. The van der Waals surface area contributed by atoms with Gasteiger partial charge >= 0.3 is 0 Å². The number of nitrogens with zero attached hydrogens (tertiary/aromatic N) is 1. The van der Waals surface area contributed by atoms with Crippen molar-refractivity contribution in [2.75, 3.05) is 25.5 Å². The number of hydrogen-bond donors (Lipinski definition) is 2. The molecule has 3 rings (SSSR count). The van der Waals surface area contributed by atoms with Crippen LogP contribution >= 0.6 is 11.3 Å². The van der Waals surface area contributed by atoms with Gasteiger partial charge in [0.05, 0.1) is 19.1 Å². The van der Waals surface area contributed by atoms with Gasteiger partial charge in [0.1, 0.15) is 5.69 Å². The van der Waals surface area contributed by atoms with Crippen molar-refractivity contribution < 1.29 is 22.7 Å². The number of carbonyl (C=O) groups is 1. The molecule has 30 heavy (non-hydrogen) atoms. The second-order valence-electron chi connectivity index (χ2n) is 6.15. The van der Waals surface area contributed by atoms with Crippen molar-refractivity contribution in [2.24, 2.45) is 0 Å². The number of methoxy groups -OCH3 is 2. The molecule has 0 atom stereocenters. The summed E-state index contributed by atoms with van der Waals surface area (Å²) in [5, 5.41) is 4.41. The Morgan fingerprint density at radius 3 is 2.50 bits per heavy atom. The van der Waals surface area contributed by atoms with Crippen molar-refractivity contribution in [3.05, 3.63) is 65.2 Å².